The summed E-state index contributed by atoms with van der Waals surface area (Å²) >= 11 is 5.13. The summed E-state index contributed by atoms with van der Waals surface area (Å²) in [5, 5.41) is 6.86. The normalized spacial score (nSPS) is 10.2. The number of thiocarbonyl (C=S) groups is 1. The predicted molar refractivity (Wildman–Crippen MR) is 80.6 cm³/mol. The lowest BCUT2D eigenvalue weighted by Crippen LogP contribution is -3.04. The lowest BCUT2D eigenvalue weighted by atomic mass is 10.1. The van der Waals surface area contributed by atoms with Gasteiger partial charge in [-0.25, -0.2) is 0 Å². The van der Waals surface area contributed by atoms with Gasteiger partial charge in [0.1, 0.15) is 6.54 Å². The molecule has 0 aliphatic heterocycles. The summed E-state index contributed by atoms with van der Waals surface area (Å²) in [7, 11) is 4.30. The van der Waals surface area contributed by atoms with Crippen LogP contribution in [-0.2, 0) is 13.1 Å². The molecule has 0 fully saturated rings. The Hall–Kier alpha value is -1.39. The minimum absolute atomic E-state index is 0.664. The third-order valence-corrected chi connectivity index (χ3v) is 2.73. The van der Waals surface area contributed by atoms with Crippen molar-refractivity contribution in [1.29, 1.82) is 0 Å². The summed E-state index contributed by atoms with van der Waals surface area (Å²) in [6.45, 7) is 6.12. The van der Waals surface area contributed by atoms with Crippen molar-refractivity contribution in [2.45, 2.75) is 13.1 Å². The van der Waals surface area contributed by atoms with Gasteiger partial charge in [-0.2, -0.15) is 0 Å². The SMILES string of the molecule is C=CCNC(=S)NCc1ccc(C[NH+](C)C)cc1. The highest BCUT2D eigenvalue weighted by Crippen LogP contribution is 2.03. The molecule has 1 rings (SSSR count). The number of hydrogen-bond acceptors (Lipinski definition) is 1. The topological polar surface area (TPSA) is 28.5 Å². The van der Waals surface area contributed by atoms with Gasteiger partial charge in [-0.15, -0.1) is 6.58 Å². The molecule has 0 saturated heterocycles. The summed E-state index contributed by atoms with van der Waals surface area (Å²) in [5.74, 6) is 0. The van der Waals surface area contributed by atoms with Gasteiger partial charge >= 0.3 is 0 Å². The first-order chi connectivity index (χ1) is 8.61. The number of nitrogens with one attached hydrogen (secondary N) is 3. The van der Waals surface area contributed by atoms with Crippen LogP contribution in [0.1, 0.15) is 11.1 Å². The fourth-order valence-corrected chi connectivity index (χ4v) is 1.75. The maximum atomic E-state index is 5.13. The van der Waals surface area contributed by atoms with Crippen molar-refractivity contribution in [3.05, 3.63) is 48.0 Å². The monoisotopic (exact) mass is 264 g/mol. The van der Waals surface area contributed by atoms with Gasteiger partial charge in [0.15, 0.2) is 5.11 Å². The Kier molecular flexibility index (Phi) is 6.39. The van der Waals surface area contributed by atoms with Gasteiger partial charge in [-0.1, -0.05) is 30.3 Å². The summed E-state index contributed by atoms with van der Waals surface area (Å²) in [5.41, 5.74) is 2.58. The van der Waals surface area contributed by atoms with E-state index in [0.29, 0.717) is 11.7 Å². The Morgan fingerprint density at radius 3 is 2.39 bits per heavy atom. The molecular formula is C14H22N3S+. The van der Waals surface area contributed by atoms with Crippen molar-refractivity contribution in [3.63, 3.8) is 0 Å². The predicted octanol–water partition coefficient (Wildman–Crippen LogP) is 0.481. The highest BCUT2D eigenvalue weighted by molar-refractivity contribution is 7.80. The van der Waals surface area contributed by atoms with Crippen LogP contribution in [0.15, 0.2) is 36.9 Å². The largest absolute Gasteiger partial charge is 0.359 e. The van der Waals surface area contributed by atoms with Gasteiger partial charge in [0.25, 0.3) is 0 Å². The Morgan fingerprint density at radius 1 is 1.22 bits per heavy atom. The van der Waals surface area contributed by atoms with E-state index in [1.54, 1.807) is 6.08 Å². The van der Waals surface area contributed by atoms with Gasteiger partial charge < -0.3 is 15.5 Å². The number of quaternary nitrogens is 1. The van der Waals surface area contributed by atoms with E-state index in [-0.39, 0.29) is 0 Å². The Bertz CT molecular complexity index is 385. The lowest BCUT2D eigenvalue weighted by Gasteiger charge is -2.10. The van der Waals surface area contributed by atoms with Crippen molar-refractivity contribution in [3.8, 4) is 0 Å². The van der Waals surface area contributed by atoms with Crippen LogP contribution in [0.4, 0.5) is 0 Å². The molecule has 98 valence electrons. The van der Waals surface area contributed by atoms with Gasteiger partial charge in [-0.05, 0) is 17.8 Å². The molecule has 1 aromatic carbocycles. The standard InChI is InChI=1S/C14H21N3S/c1-4-9-15-14(18)16-10-12-5-7-13(8-6-12)11-17(2)3/h4-8H,1,9-11H2,2-3H3,(H2,15,16,18)/p+1. The van der Waals surface area contributed by atoms with E-state index in [9.17, 15) is 0 Å². The molecule has 0 aliphatic carbocycles. The van der Waals surface area contributed by atoms with E-state index in [2.05, 4.69) is 55.6 Å². The molecule has 18 heavy (non-hydrogen) atoms. The second-order valence-corrected chi connectivity index (χ2v) is 4.96. The minimum Gasteiger partial charge on any atom is -0.359 e. The fraction of sp³-hybridized carbons (Fsp3) is 0.357. The highest BCUT2D eigenvalue weighted by Gasteiger charge is 1.99. The van der Waals surface area contributed by atoms with Gasteiger partial charge in [0.2, 0.25) is 0 Å². The molecular weight excluding hydrogens is 242 g/mol. The third kappa shape index (κ3) is 5.80. The molecule has 1 aromatic rings. The molecule has 0 unspecified atom stereocenters. The number of benzene rings is 1. The molecule has 0 aromatic heterocycles. The summed E-state index contributed by atoms with van der Waals surface area (Å²) in [4.78, 5) is 1.43. The van der Waals surface area contributed by atoms with Crippen LogP contribution in [0.5, 0.6) is 0 Å². The van der Waals surface area contributed by atoms with Crippen molar-refractivity contribution < 1.29 is 4.90 Å². The maximum Gasteiger partial charge on any atom is 0.166 e. The quantitative estimate of drug-likeness (QED) is 0.516. The third-order valence-electron chi connectivity index (χ3n) is 2.44. The van der Waals surface area contributed by atoms with Crippen LogP contribution in [-0.4, -0.2) is 25.8 Å². The summed E-state index contributed by atoms with van der Waals surface area (Å²) in [6, 6.07) is 8.62. The van der Waals surface area contributed by atoms with E-state index in [4.69, 9.17) is 12.2 Å². The fourth-order valence-electron chi connectivity index (χ4n) is 1.59. The number of hydrogen-bond donors (Lipinski definition) is 3. The first kappa shape index (κ1) is 14.7. The van der Waals surface area contributed by atoms with E-state index in [1.165, 1.54) is 16.0 Å². The van der Waals surface area contributed by atoms with E-state index < -0.39 is 0 Å². The van der Waals surface area contributed by atoms with E-state index >= 15 is 0 Å². The zero-order valence-electron chi connectivity index (χ0n) is 11.1. The Labute approximate surface area is 115 Å². The van der Waals surface area contributed by atoms with E-state index in [1.807, 2.05) is 0 Å². The average Bonchev–Trinajstić information content (AvgIpc) is 2.35. The van der Waals surface area contributed by atoms with Crippen molar-refractivity contribution in [2.75, 3.05) is 20.6 Å². The van der Waals surface area contributed by atoms with Crippen LogP contribution in [0, 0.1) is 0 Å². The molecule has 0 atom stereocenters. The molecule has 0 bridgehead atoms. The zero-order chi connectivity index (χ0) is 13.4. The molecule has 0 saturated carbocycles. The molecule has 4 heteroatoms. The van der Waals surface area contributed by atoms with Crippen molar-refractivity contribution >= 4 is 17.3 Å². The molecule has 0 heterocycles. The van der Waals surface area contributed by atoms with Crippen LogP contribution in [0.2, 0.25) is 0 Å². The lowest BCUT2D eigenvalue weighted by molar-refractivity contribution is -0.872. The zero-order valence-corrected chi connectivity index (χ0v) is 11.9. The minimum atomic E-state index is 0.664. The maximum absolute atomic E-state index is 5.13. The van der Waals surface area contributed by atoms with E-state index in [0.717, 1.165) is 13.1 Å². The molecule has 0 aliphatic rings. The van der Waals surface area contributed by atoms with Gasteiger partial charge in [0.05, 0.1) is 14.1 Å². The van der Waals surface area contributed by atoms with Crippen LogP contribution in [0.25, 0.3) is 0 Å². The van der Waals surface area contributed by atoms with Crippen LogP contribution >= 0.6 is 12.2 Å². The van der Waals surface area contributed by atoms with Crippen molar-refractivity contribution in [1.82, 2.24) is 10.6 Å². The number of rotatable bonds is 6. The molecule has 3 N–H and O–H groups in total. The molecule has 3 nitrogen and oxygen atoms in total. The van der Waals surface area contributed by atoms with Crippen LogP contribution < -0.4 is 15.5 Å². The Balaban J connectivity index is 2.39. The molecule has 0 radical (unpaired) electrons. The first-order valence-electron chi connectivity index (χ1n) is 6.11. The van der Waals surface area contributed by atoms with Crippen LogP contribution in [0.3, 0.4) is 0 Å². The van der Waals surface area contributed by atoms with Crippen molar-refractivity contribution in [2.24, 2.45) is 0 Å². The smallest absolute Gasteiger partial charge is 0.166 e. The first-order valence-corrected chi connectivity index (χ1v) is 6.52. The molecule has 0 spiro atoms. The highest BCUT2D eigenvalue weighted by atomic mass is 32.1. The molecule has 0 amide bonds. The van der Waals surface area contributed by atoms with Gasteiger partial charge in [-0.3, -0.25) is 0 Å². The Morgan fingerprint density at radius 2 is 1.83 bits per heavy atom. The second-order valence-electron chi connectivity index (χ2n) is 4.55. The summed E-state index contributed by atoms with van der Waals surface area (Å²) < 4.78 is 0. The summed E-state index contributed by atoms with van der Waals surface area (Å²) in [6.07, 6.45) is 1.78. The van der Waals surface area contributed by atoms with Gasteiger partial charge in [0, 0.05) is 18.7 Å². The second kappa shape index (κ2) is 7.84. The average molecular weight is 264 g/mol.